The Morgan fingerprint density at radius 2 is 1.96 bits per heavy atom. The van der Waals surface area contributed by atoms with Gasteiger partial charge in [0.15, 0.2) is 11.4 Å². The Kier molecular flexibility index (Phi) is 5.33. The van der Waals surface area contributed by atoms with E-state index >= 15 is 0 Å². The van der Waals surface area contributed by atoms with Crippen LogP contribution in [0.3, 0.4) is 0 Å². The van der Waals surface area contributed by atoms with Crippen LogP contribution in [0, 0.1) is 5.82 Å². The Morgan fingerprint density at radius 3 is 2.52 bits per heavy atom. The SMILES string of the molecule is Cl.N[C@@H]1CCN(C(=O)c2nnn(-c3ccccc3F)c2C(F)(F)F)C1. The zero-order valence-corrected chi connectivity index (χ0v) is 13.5. The van der Waals surface area contributed by atoms with Crippen LogP contribution < -0.4 is 5.73 Å². The third-order valence-electron chi connectivity index (χ3n) is 3.73. The van der Waals surface area contributed by atoms with Crippen LogP contribution in [-0.4, -0.2) is 44.9 Å². The van der Waals surface area contributed by atoms with Gasteiger partial charge in [0.25, 0.3) is 5.91 Å². The van der Waals surface area contributed by atoms with Crippen molar-refractivity contribution in [2.24, 2.45) is 5.73 Å². The molecule has 0 saturated carbocycles. The van der Waals surface area contributed by atoms with Crippen LogP contribution in [0.4, 0.5) is 17.6 Å². The molecule has 1 saturated heterocycles. The number of benzene rings is 1. The number of halogens is 5. The number of nitrogens with zero attached hydrogens (tertiary/aromatic N) is 4. The van der Waals surface area contributed by atoms with Crippen LogP contribution >= 0.6 is 12.4 Å². The van der Waals surface area contributed by atoms with Gasteiger partial charge in [-0.1, -0.05) is 17.3 Å². The zero-order chi connectivity index (χ0) is 17.5. The molecule has 0 spiro atoms. The van der Waals surface area contributed by atoms with E-state index in [1.54, 1.807) is 0 Å². The quantitative estimate of drug-likeness (QED) is 0.810. The third-order valence-corrected chi connectivity index (χ3v) is 3.73. The average Bonchev–Trinajstić information content (AvgIpc) is 3.13. The summed E-state index contributed by atoms with van der Waals surface area (Å²) in [5, 5.41) is 6.72. The minimum Gasteiger partial charge on any atom is -0.336 e. The fourth-order valence-electron chi connectivity index (χ4n) is 2.59. The van der Waals surface area contributed by atoms with E-state index in [1.165, 1.54) is 17.0 Å². The molecule has 11 heteroatoms. The summed E-state index contributed by atoms with van der Waals surface area (Å²) >= 11 is 0. The molecule has 25 heavy (non-hydrogen) atoms. The average molecular weight is 380 g/mol. The number of rotatable bonds is 2. The summed E-state index contributed by atoms with van der Waals surface area (Å²) in [4.78, 5) is 13.5. The summed E-state index contributed by atoms with van der Waals surface area (Å²) in [7, 11) is 0. The van der Waals surface area contributed by atoms with Gasteiger partial charge in [0.1, 0.15) is 11.5 Å². The molecule has 2 heterocycles. The highest BCUT2D eigenvalue weighted by Gasteiger charge is 2.43. The monoisotopic (exact) mass is 379 g/mol. The van der Waals surface area contributed by atoms with E-state index in [0.29, 0.717) is 11.1 Å². The van der Waals surface area contributed by atoms with Gasteiger partial charge in [0, 0.05) is 19.1 Å². The van der Waals surface area contributed by atoms with E-state index in [9.17, 15) is 22.4 Å². The Labute approximate surface area is 146 Å². The van der Waals surface area contributed by atoms with Gasteiger partial charge in [-0.3, -0.25) is 4.79 Å². The standard InChI is InChI=1S/C14H13F4N5O.ClH/c15-9-3-1-2-4-10(9)23-12(14(16,17)18)11(20-21-23)13(24)22-6-5-8(19)7-22;/h1-4,8H,5-7,19H2;1H/t8-;/m1./s1. The maximum Gasteiger partial charge on any atom is 0.435 e. The first-order valence-electron chi connectivity index (χ1n) is 7.11. The summed E-state index contributed by atoms with van der Waals surface area (Å²) in [5.74, 6) is -1.83. The molecule has 1 atom stereocenters. The highest BCUT2D eigenvalue weighted by Crippen LogP contribution is 2.34. The van der Waals surface area contributed by atoms with Crippen molar-refractivity contribution in [3.63, 3.8) is 0 Å². The predicted molar refractivity (Wildman–Crippen MR) is 82.1 cm³/mol. The molecular formula is C14H14ClF4N5O. The van der Waals surface area contributed by atoms with Gasteiger partial charge < -0.3 is 10.6 Å². The Morgan fingerprint density at radius 1 is 1.28 bits per heavy atom. The van der Waals surface area contributed by atoms with Crippen LogP contribution in [0.5, 0.6) is 0 Å². The molecule has 6 nitrogen and oxygen atoms in total. The van der Waals surface area contributed by atoms with Gasteiger partial charge in [-0.25, -0.2) is 9.07 Å². The van der Waals surface area contributed by atoms with Crippen molar-refractivity contribution in [2.75, 3.05) is 13.1 Å². The normalized spacial score (nSPS) is 17.5. The topological polar surface area (TPSA) is 77.0 Å². The van der Waals surface area contributed by atoms with Crippen LogP contribution in [0.25, 0.3) is 5.69 Å². The largest absolute Gasteiger partial charge is 0.435 e. The van der Waals surface area contributed by atoms with Crippen molar-refractivity contribution in [3.8, 4) is 5.69 Å². The molecule has 0 bridgehead atoms. The number of hydrogen-bond acceptors (Lipinski definition) is 4. The first-order chi connectivity index (χ1) is 11.3. The second kappa shape index (κ2) is 6.96. The molecule has 1 aliphatic heterocycles. The minimum atomic E-state index is -4.93. The van der Waals surface area contributed by atoms with Crippen LogP contribution in [0.1, 0.15) is 22.6 Å². The number of amides is 1. The van der Waals surface area contributed by atoms with E-state index in [-0.39, 0.29) is 31.5 Å². The number of likely N-dealkylation sites (tertiary alicyclic amines) is 1. The maximum atomic E-state index is 13.8. The highest BCUT2D eigenvalue weighted by atomic mass is 35.5. The molecule has 0 aliphatic carbocycles. The Bertz CT molecular complexity index is 779. The molecular weight excluding hydrogens is 366 g/mol. The van der Waals surface area contributed by atoms with E-state index < -0.39 is 35.0 Å². The van der Waals surface area contributed by atoms with E-state index in [0.717, 1.165) is 12.1 Å². The first-order valence-corrected chi connectivity index (χ1v) is 7.11. The van der Waals surface area contributed by atoms with Crippen LogP contribution in [0.15, 0.2) is 24.3 Å². The second-order valence-corrected chi connectivity index (χ2v) is 5.45. The van der Waals surface area contributed by atoms with E-state index in [1.807, 2.05) is 0 Å². The number of aromatic nitrogens is 3. The molecule has 1 aromatic carbocycles. The maximum absolute atomic E-state index is 13.8. The van der Waals surface area contributed by atoms with Crippen molar-refractivity contribution in [2.45, 2.75) is 18.6 Å². The van der Waals surface area contributed by atoms with Gasteiger partial charge in [0.2, 0.25) is 0 Å². The molecule has 0 unspecified atom stereocenters. The number of para-hydroxylation sites is 1. The Hall–Kier alpha value is -2.20. The third kappa shape index (κ3) is 3.59. The number of nitrogens with two attached hydrogens (primary N) is 1. The smallest absolute Gasteiger partial charge is 0.336 e. The molecule has 1 aromatic heterocycles. The summed E-state index contributed by atoms with van der Waals surface area (Å²) in [6.07, 6.45) is -4.44. The zero-order valence-electron chi connectivity index (χ0n) is 12.7. The molecule has 0 radical (unpaired) electrons. The minimum absolute atomic E-state index is 0. The summed E-state index contributed by atoms with van der Waals surface area (Å²) < 4.78 is 54.5. The van der Waals surface area contributed by atoms with Crippen LogP contribution in [0.2, 0.25) is 0 Å². The number of carbonyl (C=O) groups excluding carboxylic acids is 1. The summed E-state index contributed by atoms with van der Waals surface area (Å²) in [6.45, 7) is 0.381. The lowest BCUT2D eigenvalue weighted by atomic mass is 10.2. The molecule has 2 N–H and O–H groups in total. The lowest BCUT2D eigenvalue weighted by Crippen LogP contribution is -2.33. The molecule has 136 valence electrons. The molecule has 1 aliphatic rings. The number of alkyl halides is 3. The van der Waals surface area contributed by atoms with Gasteiger partial charge in [-0.05, 0) is 18.6 Å². The first kappa shape index (κ1) is 19.1. The lowest BCUT2D eigenvalue weighted by Gasteiger charge is -2.16. The van der Waals surface area contributed by atoms with Crippen molar-refractivity contribution in [1.29, 1.82) is 0 Å². The van der Waals surface area contributed by atoms with Crippen molar-refractivity contribution in [1.82, 2.24) is 19.9 Å². The van der Waals surface area contributed by atoms with E-state index in [2.05, 4.69) is 10.3 Å². The van der Waals surface area contributed by atoms with Gasteiger partial charge >= 0.3 is 6.18 Å². The second-order valence-electron chi connectivity index (χ2n) is 5.45. The predicted octanol–water partition coefficient (Wildman–Crippen LogP) is 2.02. The summed E-state index contributed by atoms with van der Waals surface area (Å²) in [5.41, 5.74) is 2.97. The van der Waals surface area contributed by atoms with E-state index in [4.69, 9.17) is 5.73 Å². The van der Waals surface area contributed by atoms with Gasteiger partial charge in [0.05, 0.1) is 0 Å². The molecule has 1 fully saturated rings. The Balaban J connectivity index is 0.00000225. The fourth-order valence-corrected chi connectivity index (χ4v) is 2.59. The summed E-state index contributed by atoms with van der Waals surface area (Å²) in [6, 6.07) is 4.53. The number of carbonyl (C=O) groups is 1. The van der Waals surface area contributed by atoms with Crippen LogP contribution in [-0.2, 0) is 6.18 Å². The highest BCUT2D eigenvalue weighted by molar-refractivity contribution is 5.93. The molecule has 1 amide bonds. The van der Waals surface area contributed by atoms with Crippen molar-refractivity contribution >= 4 is 18.3 Å². The lowest BCUT2D eigenvalue weighted by molar-refractivity contribution is -0.143. The fraction of sp³-hybridized carbons (Fsp3) is 0.357. The van der Waals surface area contributed by atoms with Crippen molar-refractivity contribution in [3.05, 3.63) is 41.5 Å². The molecule has 2 aromatic rings. The van der Waals surface area contributed by atoms with Crippen molar-refractivity contribution < 1.29 is 22.4 Å². The van der Waals surface area contributed by atoms with Gasteiger partial charge in [-0.2, -0.15) is 13.2 Å². The van der Waals surface area contributed by atoms with Gasteiger partial charge in [-0.15, -0.1) is 17.5 Å². The number of hydrogen-bond donors (Lipinski definition) is 1. The molecule has 3 rings (SSSR count).